The number of hydrogen-bond acceptors (Lipinski definition) is 2. The molecule has 0 fully saturated rings. The fourth-order valence-electron chi connectivity index (χ4n) is 1.91. The van der Waals surface area contributed by atoms with Crippen LogP contribution in [-0.2, 0) is 0 Å². The van der Waals surface area contributed by atoms with Crippen molar-refractivity contribution in [2.24, 2.45) is 0 Å². The van der Waals surface area contributed by atoms with E-state index >= 15 is 0 Å². The van der Waals surface area contributed by atoms with Crippen LogP contribution in [0.5, 0.6) is 0 Å². The molecule has 0 spiro atoms. The van der Waals surface area contributed by atoms with Gasteiger partial charge >= 0.3 is 0 Å². The smallest absolute Gasteiger partial charge is 0.141 e. The van der Waals surface area contributed by atoms with Gasteiger partial charge in [-0.1, -0.05) is 13.0 Å². The van der Waals surface area contributed by atoms with Crippen LogP contribution in [0.1, 0.15) is 24.1 Å². The van der Waals surface area contributed by atoms with Gasteiger partial charge in [0.1, 0.15) is 11.6 Å². The molecular weight excluding hydrogens is 314 g/mol. The molecule has 100 valence electrons. The molecule has 0 aliphatic carbocycles. The van der Waals surface area contributed by atoms with Gasteiger partial charge in [-0.15, -0.1) is 0 Å². The van der Waals surface area contributed by atoms with Crippen molar-refractivity contribution < 1.29 is 8.78 Å². The van der Waals surface area contributed by atoms with E-state index in [0.717, 1.165) is 11.8 Å². The van der Waals surface area contributed by atoms with Crippen LogP contribution in [0.25, 0.3) is 0 Å². The molecule has 1 unspecified atom stereocenters. The van der Waals surface area contributed by atoms with Gasteiger partial charge in [-0.05, 0) is 51.8 Å². The Morgan fingerprint density at radius 2 is 2.00 bits per heavy atom. The van der Waals surface area contributed by atoms with Crippen molar-refractivity contribution in [3.63, 3.8) is 0 Å². The molecule has 0 bridgehead atoms. The minimum Gasteiger partial charge on any atom is -0.306 e. The van der Waals surface area contributed by atoms with Crippen molar-refractivity contribution >= 4 is 15.9 Å². The summed E-state index contributed by atoms with van der Waals surface area (Å²) in [6, 6.07) is 5.99. The number of nitrogens with zero attached hydrogens (tertiary/aromatic N) is 1. The van der Waals surface area contributed by atoms with Crippen LogP contribution in [0.2, 0.25) is 0 Å². The summed E-state index contributed by atoms with van der Waals surface area (Å²) in [5, 5.41) is 3.20. The fourth-order valence-corrected chi connectivity index (χ4v) is 2.16. The van der Waals surface area contributed by atoms with E-state index in [1.54, 1.807) is 18.3 Å². The third-order valence-electron chi connectivity index (χ3n) is 2.74. The third kappa shape index (κ3) is 3.36. The minimum atomic E-state index is -0.405. The van der Waals surface area contributed by atoms with Gasteiger partial charge in [0, 0.05) is 6.20 Å². The molecule has 0 aliphatic heterocycles. The summed E-state index contributed by atoms with van der Waals surface area (Å²) in [4.78, 5) is 3.83. The first-order valence-electron chi connectivity index (χ1n) is 5.90. The monoisotopic (exact) mass is 326 g/mol. The molecule has 2 aromatic rings. The van der Waals surface area contributed by atoms with E-state index in [1.807, 2.05) is 6.92 Å². The van der Waals surface area contributed by atoms with Crippen LogP contribution in [0, 0.1) is 11.6 Å². The predicted octanol–water partition coefficient (Wildman–Crippen LogP) is 3.82. The lowest BCUT2D eigenvalue weighted by molar-refractivity contribution is 0.586. The Morgan fingerprint density at radius 3 is 2.63 bits per heavy atom. The quantitative estimate of drug-likeness (QED) is 0.923. The molecule has 0 saturated heterocycles. The van der Waals surface area contributed by atoms with Crippen LogP contribution < -0.4 is 5.32 Å². The molecule has 2 rings (SSSR count). The van der Waals surface area contributed by atoms with Crippen molar-refractivity contribution in [1.82, 2.24) is 10.3 Å². The van der Waals surface area contributed by atoms with Gasteiger partial charge in [-0.3, -0.25) is 4.98 Å². The Labute approximate surface area is 119 Å². The van der Waals surface area contributed by atoms with Crippen LogP contribution in [-0.4, -0.2) is 11.5 Å². The molecule has 2 nitrogen and oxygen atoms in total. The Morgan fingerprint density at radius 1 is 1.21 bits per heavy atom. The number of rotatable bonds is 4. The molecule has 1 aromatic carbocycles. The van der Waals surface area contributed by atoms with Gasteiger partial charge in [0.05, 0.1) is 16.7 Å². The van der Waals surface area contributed by atoms with Crippen LogP contribution in [0.15, 0.2) is 41.1 Å². The van der Waals surface area contributed by atoms with Crippen molar-refractivity contribution in [2.45, 2.75) is 13.0 Å². The maximum atomic E-state index is 13.6. The molecular formula is C14H13BrF2N2. The molecule has 5 heteroatoms. The Hall–Kier alpha value is -1.33. The number of nitrogens with one attached hydrogen (secondary N) is 1. The van der Waals surface area contributed by atoms with Gasteiger partial charge < -0.3 is 5.32 Å². The lowest BCUT2D eigenvalue weighted by Crippen LogP contribution is -2.22. The largest absolute Gasteiger partial charge is 0.306 e. The van der Waals surface area contributed by atoms with Crippen LogP contribution >= 0.6 is 15.9 Å². The van der Waals surface area contributed by atoms with E-state index in [9.17, 15) is 8.78 Å². The molecule has 1 aromatic heterocycles. The van der Waals surface area contributed by atoms with Crippen molar-refractivity contribution in [2.75, 3.05) is 6.54 Å². The van der Waals surface area contributed by atoms with E-state index in [1.165, 1.54) is 12.1 Å². The van der Waals surface area contributed by atoms with Gasteiger partial charge in [0.25, 0.3) is 0 Å². The summed E-state index contributed by atoms with van der Waals surface area (Å²) < 4.78 is 27.3. The summed E-state index contributed by atoms with van der Waals surface area (Å²) in [6.45, 7) is 2.62. The summed E-state index contributed by atoms with van der Waals surface area (Å²) in [6.07, 6.45) is 2.73. The first-order valence-corrected chi connectivity index (χ1v) is 6.70. The van der Waals surface area contributed by atoms with Crippen molar-refractivity contribution in [1.29, 1.82) is 0 Å². The molecule has 0 saturated carbocycles. The van der Waals surface area contributed by atoms with Gasteiger partial charge in [0.2, 0.25) is 0 Å². The SMILES string of the molecule is CCNC(c1cncc(F)c1)c1ccc(Br)c(F)c1. The lowest BCUT2D eigenvalue weighted by Gasteiger charge is -2.19. The summed E-state index contributed by atoms with van der Waals surface area (Å²) in [5.74, 6) is -0.747. The maximum Gasteiger partial charge on any atom is 0.141 e. The number of hydrogen-bond donors (Lipinski definition) is 1. The molecule has 1 atom stereocenters. The Kier molecular flexibility index (Phi) is 4.61. The number of halogens is 3. The molecule has 0 amide bonds. The zero-order valence-corrected chi connectivity index (χ0v) is 11.9. The fraction of sp³-hybridized carbons (Fsp3) is 0.214. The van der Waals surface area contributed by atoms with Crippen molar-refractivity contribution in [3.8, 4) is 0 Å². The average molecular weight is 327 g/mol. The highest BCUT2D eigenvalue weighted by atomic mass is 79.9. The van der Waals surface area contributed by atoms with Crippen molar-refractivity contribution in [3.05, 3.63) is 63.9 Å². The average Bonchev–Trinajstić information content (AvgIpc) is 2.39. The first-order chi connectivity index (χ1) is 9.11. The highest BCUT2D eigenvalue weighted by Crippen LogP contribution is 2.25. The second kappa shape index (κ2) is 6.21. The summed E-state index contributed by atoms with van der Waals surface area (Å²) in [5.41, 5.74) is 1.40. The zero-order valence-electron chi connectivity index (χ0n) is 10.3. The third-order valence-corrected chi connectivity index (χ3v) is 3.39. The highest BCUT2D eigenvalue weighted by Gasteiger charge is 2.15. The summed E-state index contributed by atoms with van der Waals surface area (Å²) in [7, 11) is 0. The minimum absolute atomic E-state index is 0.282. The molecule has 1 N–H and O–H groups in total. The normalized spacial score (nSPS) is 12.4. The number of aromatic nitrogens is 1. The van der Waals surface area contributed by atoms with E-state index in [0.29, 0.717) is 16.6 Å². The zero-order chi connectivity index (χ0) is 13.8. The van der Waals surface area contributed by atoms with Crippen LogP contribution in [0.4, 0.5) is 8.78 Å². The highest BCUT2D eigenvalue weighted by molar-refractivity contribution is 9.10. The molecule has 1 heterocycles. The first kappa shape index (κ1) is 14.1. The van der Waals surface area contributed by atoms with E-state index in [2.05, 4.69) is 26.2 Å². The van der Waals surface area contributed by atoms with Gasteiger partial charge in [-0.2, -0.15) is 0 Å². The molecule has 0 radical (unpaired) electrons. The van der Waals surface area contributed by atoms with E-state index < -0.39 is 5.82 Å². The van der Waals surface area contributed by atoms with E-state index in [4.69, 9.17) is 0 Å². The van der Waals surface area contributed by atoms with E-state index in [-0.39, 0.29) is 11.9 Å². The second-order valence-electron chi connectivity index (χ2n) is 4.10. The number of benzene rings is 1. The maximum absolute atomic E-state index is 13.6. The summed E-state index contributed by atoms with van der Waals surface area (Å²) >= 11 is 3.12. The Balaban J connectivity index is 2.42. The standard InChI is InChI=1S/C14H13BrF2N2/c1-2-19-14(10-5-11(16)8-18-7-10)9-3-4-12(15)13(17)6-9/h3-8,14,19H,2H2,1H3. The molecule has 0 aliphatic rings. The second-order valence-corrected chi connectivity index (χ2v) is 4.96. The van der Waals surface area contributed by atoms with Gasteiger partial charge in [0.15, 0.2) is 0 Å². The topological polar surface area (TPSA) is 24.9 Å². The number of pyridine rings is 1. The van der Waals surface area contributed by atoms with Crippen LogP contribution in [0.3, 0.4) is 0 Å². The lowest BCUT2D eigenvalue weighted by atomic mass is 10.00. The van der Waals surface area contributed by atoms with Gasteiger partial charge in [-0.25, -0.2) is 8.78 Å². The molecule has 19 heavy (non-hydrogen) atoms. The Bertz CT molecular complexity index is 575. The predicted molar refractivity (Wildman–Crippen MR) is 73.8 cm³/mol.